The molecule has 0 aliphatic carbocycles. The number of aromatic nitrogens is 1. The van der Waals surface area contributed by atoms with Crippen molar-refractivity contribution in [3.63, 3.8) is 0 Å². The number of benzene rings is 2. The van der Waals surface area contributed by atoms with Crippen LogP contribution < -0.4 is 5.43 Å². The van der Waals surface area contributed by atoms with E-state index >= 15 is 0 Å². The number of hydrazone groups is 1. The minimum atomic E-state index is -0.215. The zero-order chi connectivity index (χ0) is 21.2. The maximum Gasteiger partial charge on any atom is 0.271 e. The fourth-order valence-corrected chi connectivity index (χ4v) is 3.61. The summed E-state index contributed by atoms with van der Waals surface area (Å²) in [6, 6.07) is 18.1. The van der Waals surface area contributed by atoms with Crippen LogP contribution in [0.1, 0.15) is 53.6 Å². The number of hydrogen-bond acceptors (Lipinski definition) is 2. The molecule has 2 aromatic carbocycles. The largest absolute Gasteiger partial charge is 0.318 e. The van der Waals surface area contributed by atoms with Crippen LogP contribution in [0.2, 0.25) is 0 Å². The van der Waals surface area contributed by atoms with E-state index in [0.717, 1.165) is 22.6 Å². The molecular formula is C24H26IN3O. The van der Waals surface area contributed by atoms with Gasteiger partial charge in [-0.3, -0.25) is 4.79 Å². The fraction of sp³-hybridized carbons (Fsp3) is 0.250. The van der Waals surface area contributed by atoms with Crippen LogP contribution in [0.15, 0.2) is 59.7 Å². The summed E-state index contributed by atoms with van der Waals surface area (Å²) < 4.78 is 3.39. The van der Waals surface area contributed by atoms with Crippen LogP contribution in [-0.4, -0.2) is 16.7 Å². The summed E-state index contributed by atoms with van der Waals surface area (Å²) >= 11 is 2.30. The molecule has 3 aromatic rings. The molecule has 0 saturated heterocycles. The highest BCUT2D eigenvalue weighted by Crippen LogP contribution is 2.22. The SMILES string of the molecule is Cc1cc(C=NNC(=O)c2ccc(C(C)(C)C)cc2)c(C)n1-c1ccc(I)cc1. The lowest BCUT2D eigenvalue weighted by Gasteiger charge is -2.18. The maximum absolute atomic E-state index is 12.4. The Kier molecular flexibility index (Phi) is 6.27. The zero-order valence-electron chi connectivity index (χ0n) is 17.5. The molecule has 0 unspecified atom stereocenters. The molecule has 0 radical (unpaired) electrons. The van der Waals surface area contributed by atoms with Crippen LogP contribution in [0, 0.1) is 17.4 Å². The van der Waals surface area contributed by atoms with Crippen LogP contribution in [0.4, 0.5) is 0 Å². The summed E-state index contributed by atoms with van der Waals surface area (Å²) in [6.45, 7) is 10.6. The Labute approximate surface area is 186 Å². The molecule has 1 heterocycles. The minimum absolute atomic E-state index is 0.0622. The first-order valence-electron chi connectivity index (χ1n) is 9.55. The van der Waals surface area contributed by atoms with E-state index < -0.39 is 0 Å². The number of halogens is 1. The molecule has 5 heteroatoms. The van der Waals surface area contributed by atoms with Crippen molar-refractivity contribution in [1.82, 2.24) is 9.99 Å². The molecule has 150 valence electrons. The summed E-state index contributed by atoms with van der Waals surface area (Å²) in [7, 11) is 0. The van der Waals surface area contributed by atoms with E-state index in [1.54, 1.807) is 6.21 Å². The molecule has 0 bridgehead atoms. The van der Waals surface area contributed by atoms with Crippen molar-refractivity contribution in [2.24, 2.45) is 5.10 Å². The number of nitrogens with zero attached hydrogens (tertiary/aromatic N) is 2. The number of hydrogen-bond donors (Lipinski definition) is 1. The summed E-state index contributed by atoms with van der Waals surface area (Å²) in [5, 5.41) is 4.17. The molecule has 1 aromatic heterocycles. The van der Waals surface area contributed by atoms with Crippen molar-refractivity contribution in [3.8, 4) is 5.69 Å². The van der Waals surface area contributed by atoms with E-state index in [1.165, 1.54) is 9.13 Å². The van der Waals surface area contributed by atoms with Crippen molar-refractivity contribution in [2.75, 3.05) is 0 Å². The van der Waals surface area contributed by atoms with Gasteiger partial charge in [-0.25, -0.2) is 5.43 Å². The highest BCUT2D eigenvalue weighted by Gasteiger charge is 2.14. The van der Waals surface area contributed by atoms with Crippen LogP contribution in [-0.2, 0) is 5.41 Å². The van der Waals surface area contributed by atoms with Crippen molar-refractivity contribution in [3.05, 3.63) is 86.2 Å². The predicted molar refractivity (Wildman–Crippen MR) is 128 cm³/mol. The number of rotatable bonds is 4. The van der Waals surface area contributed by atoms with Gasteiger partial charge in [0.15, 0.2) is 0 Å². The number of aryl methyl sites for hydroxylation is 1. The van der Waals surface area contributed by atoms with Gasteiger partial charge in [0.2, 0.25) is 0 Å². The normalized spacial score (nSPS) is 11.8. The molecule has 1 N–H and O–H groups in total. The summed E-state index contributed by atoms with van der Waals surface area (Å²) in [4.78, 5) is 12.4. The van der Waals surface area contributed by atoms with E-state index in [2.05, 4.69) is 103 Å². The van der Waals surface area contributed by atoms with Gasteiger partial charge in [0.1, 0.15) is 0 Å². The van der Waals surface area contributed by atoms with Gasteiger partial charge in [-0.1, -0.05) is 32.9 Å². The molecule has 3 rings (SSSR count). The Morgan fingerprint density at radius 2 is 1.66 bits per heavy atom. The molecular weight excluding hydrogens is 473 g/mol. The van der Waals surface area contributed by atoms with Crippen LogP contribution in [0.25, 0.3) is 5.69 Å². The first-order chi connectivity index (χ1) is 13.7. The van der Waals surface area contributed by atoms with Crippen molar-refractivity contribution >= 4 is 34.7 Å². The summed E-state index contributed by atoms with van der Waals surface area (Å²) in [5.74, 6) is -0.215. The van der Waals surface area contributed by atoms with Crippen LogP contribution in [0.3, 0.4) is 0 Å². The molecule has 0 fully saturated rings. The smallest absolute Gasteiger partial charge is 0.271 e. The zero-order valence-corrected chi connectivity index (χ0v) is 19.6. The number of carbonyl (C=O) groups is 1. The molecule has 29 heavy (non-hydrogen) atoms. The van der Waals surface area contributed by atoms with Gasteiger partial charge in [-0.05, 0) is 89.9 Å². The second-order valence-electron chi connectivity index (χ2n) is 8.16. The summed E-state index contributed by atoms with van der Waals surface area (Å²) in [5.41, 5.74) is 8.77. The Bertz CT molecular complexity index is 1040. The lowest BCUT2D eigenvalue weighted by molar-refractivity contribution is 0.0955. The topological polar surface area (TPSA) is 46.4 Å². The van der Waals surface area contributed by atoms with Gasteiger partial charge in [-0.15, -0.1) is 0 Å². The quantitative estimate of drug-likeness (QED) is 0.277. The van der Waals surface area contributed by atoms with Crippen molar-refractivity contribution in [2.45, 2.75) is 40.0 Å². The highest BCUT2D eigenvalue weighted by atomic mass is 127. The van der Waals surface area contributed by atoms with E-state index in [4.69, 9.17) is 0 Å². The van der Waals surface area contributed by atoms with E-state index in [-0.39, 0.29) is 11.3 Å². The number of amides is 1. The summed E-state index contributed by atoms with van der Waals surface area (Å²) in [6.07, 6.45) is 1.70. The van der Waals surface area contributed by atoms with Crippen LogP contribution in [0.5, 0.6) is 0 Å². The van der Waals surface area contributed by atoms with Gasteiger partial charge in [0.05, 0.1) is 6.21 Å². The molecule has 0 spiro atoms. The van der Waals surface area contributed by atoms with E-state index in [0.29, 0.717) is 5.56 Å². The minimum Gasteiger partial charge on any atom is -0.318 e. The maximum atomic E-state index is 12.4. The lowest BCUT2D eigenvalue weighted by Crippen LogP contribution is -2.18. The second-order valence-corrected chi connectivity index (χ2v) is 9.41. The Balaban J connectivity index is 1.73. The van der Waals surface area contributed by atoms with E-state index in [9.17, 15) is 4.79 Å². The molecule has 1 amide bonds. The molecule has 0 aliphatic rings. The molecule has 0 atom stereocenters. The van der Waals surface area contributed by atoms with Crippen molar-refractivity contribution in [1.29, 1.82) is 0 Å². The Morgan fingerprint density at radius 1 is 1.03 bits per heavy atom. The van der Waals surface area contributed by atoms with E-state index in [1.807, 2.05) is 24.3 Å². The third-order valence-corrected chi connectivity index (χ3v) is 5.66. The Morgan fingerprint density at radius 3 is 2.24 bits per heavy atom. The molecule has 0 saturated carbocycles. The molecule has 4 nitrogen and oxygen atoms in total. The fourth-order valence-electron chi connectivity index (χ4n) is 3.25. The first-order valence-corrected chi connectivity index (χ1v) is 10.6. The third kappa shape index (κ3) is 4.96. The predicted octanol–water partition coefficient (Wildman–Crippen LogP) is 5.76. The highest BCUT2D eigenvalue weighted by molar-refractivity contribution is 14.1. The second kappa shape index (κ2) is 8.53. The van der Waals surface area contributed by atoms with Gasteiger partial charge < -0.3 is 4.57 Å². The lowest BCUT2D eigenvalue weighted by atomic mass is 9.87. The number of nitrogens with one attached hydrogen (secondary N) is 1. The van der Waals surface area contributed by atoms with Crippen LogP contribution >= 0.6 is 22.6 Å². The van der Waals surface area contributed by atoms with Gasteiger partial charge in [-0.2, -0.15) is 5.10 Å². The first kappa shape index (κ1) is 21.3. The monoisotopic (exact) mass is 499 g/mol. The Hall–Kier alpha value is -2.41. The third-order valence-electron chi connectivity index (χ3n) is 4.94. The number of carbonyl (C=O) groups excluding carboxylic acids is 1. The molecule has 0 aliphatic heterocycles. The van der Waals surface area contributed by atoms with Gasteiger partial charge in [0, 0.05) is 31.8 Å². The average molecular weight is 499 g/mol. The standard InChI is InChI=1S/C24H26IN3O/c1-16-14-19(17(2)28(16)22-12-10-21(25)11-13-22)15-26-27-23(29)18-6-8-20(9-7-18)24(3,4)5/h6-15H,1-5H3,(H,27,29). The average Bonchev–Trinajstić information content (AvgIpc) is 2.95. The van der Waals surface area contributed by atoms with Gasteiger partial charge >= 0.3 is 0 Å². The van der Waals surface area contributed by atoms with Crippen molar-refractivity contribution < 1.29 is 4.79 Å². The van der Waals surface area contributed by atoms with Gasteiger partial charge in [0.25, 0.3) is 5.91 Å².